The molecule has 3 aromatic carbocycles. The highest BCUT2D eigenvalue weighted by molar-refractivity contribution is 6.30. The standard InChI is InChI=1S/C24H20ClFN2O2/c1-15-9-18(25)8-7-17(15)10-20-19(11-21-24(23(20)26)28-14-27-21)22(29)13-30-12-16-5-3-2-4-6-16/h2-9,11,14H,10,12-13H2,1H3,(H,27,28). The lowest BCUT2D eigenvalue weighted by atomic mass is 9.94. The van der Waals surface area contributed by atoms with Gasteiger partial charge in [-0.2, -0.15) is 0 Å². The van der Waals surface area contributed by atoms with Crippen LogP contribution in [0.4, 0.5) is 4.39 Å². The Labute approximate surface area is 178 Å². The number of ether oxygens (including phenoxy) is 1. The number of hydrogen-bond donors (Lipinski definition) is 1. The molecule has 0 saturated heterocycles. The fourth-order valence-corrected chi connectivity index (χ4v) is 3.69. The van der Waals surface area contributed by atoms with Gasteiger partial charge >= 0.3 is 0 Å². The van der Waals surface area contributed by atoms with E-state index in [1.54, 1.807) is 12.1 Å². The van der Waals surface area contributed by atoms with E-state index in [0.717, 1.165) is 16.7 Å². The van der Waals surface area contributed by atoms with Crippen LogP contribution in [0.5, 0.6) is 0 Å². The van der Waals surface area contributed by atoms with Gasteiger partial charge in [0.15, 0.2) is 11.6 Å². The first kappa shape index (κ1) is 20.3. The number of halogens is 2. The molecule has 1 N–H and O–H groups in total. The van der Waals surface area contributed by atoms with Gasteiger partial charge in [-0.05, 0) is 41.8 Å². The third-order valence-electron chi connectivity index (χ3n) is 5.07. The zero-order valence-corrected chi connectivity index (χ0v) is 17.2. The van der Waals surface area contributed by atoms with Crippen LogP contribution >= 0.6 is 11.6 Å². The third-order valence-corrected chi connectivity index (χ3v) is 5.31. The number of hydrogen-bond acceptors (Lipinski definition) is 3. The highest BCUT2D eigenvalue weighted by Gasteiger charge is 2.21. The fraction of sp³-hybridized carbons (Fsp3) is 0.167. The van der Waals surface area contributed by atoms with Gasteiger partial charge in [-0.25, -0.2) is 9.37 Å². The van der Waals surface area contributed by atoms with Gasteiger partial charge < -0.3 is 9.72 Å². The Balaban J connectivity index is 1.63. The lowest BCUT2D eigenvalue weighted by Gasteiger charge is -2.13. The molecule has 0 aliphatic rings. The number of rotatable bonds is 7. The molecule has 0 spiro atoms. The van der Waals surface area contributed by atoms with Crippen LogP contribution in [-0.2, 0) is 17.8 Å². The van der Waals surface area contributed by atoms with E-state index in [0.29, 0.717) is 28.3 Å². The van der Waals surface area contributed by atoms with E-state index in [1.807, 2.05) is 49.4 Å². The van der Waals surface area contributed by atoms with Crippen LogP contribution in [0.1, 0.15) is 32.6 Å². The van der Waals surface area contributed by atoms with Crippen molar-refractivity contribution in [1.29, 1.82) is 0 Å². The first-order chi connectivity index (χ1) is 14.5. The van der Waals surface area contributed by atoms with E-state index in [4.69, 9.17) is 16.3 Å². The van der Waals surface area contributed by atoms with Crippen molar-refractivity contribution in [2.75, 3.05) is 6.61 Å². The number of benzene rings is 3. The molecular formula is C24H20ClFN2O2. The van der Waals surface area contributed by atoms with E-state index in [1.165, 1.54) is 6.33 Å². The minimum atomic E-state index is -0.491. The minimum absolute atomic E-state index is 0.138. The molecule has 1 aromatic heterocycles. The molecule has 0 amide bonds. The summed E-state index contributed by atoms with van der Waals surface area (Å²) in [7, 11) is 0. The summed E-state index contributed by atoms with van der Waals surface area (Å²) in [6.45, 7) is 2.09. The number of nitrogens with one attached hydrogen (secondary N) is 1. The minimum Gasteiger partial charge on any atom is -0.369 e. The van der Waals surface area contributed by atoms with Crippen LogP contribution in [0.2, 0.25) is 5.02 Å². The van der Waals surface area contributed by atoms with E-state index < -0.39 is 5.82 Å². The zero-order valence-electron chi connectivity index (χ0n) is 16.4. The molecule has 152 valence electrons. The number of H-pyrrole nitrogens is 1. The van der Waals surface area contributed by atoms with Crippen LogP contribution in [0.3, 0.4) is 0 Å². The van der Waals surface area contributed by atoms with Crippen molar-refractivity contribution in [3.05, 3.63) is 99.6 Å². The van der Waals surface area contributed by atoms with Crippen LogP contribution in [0, 0.1) is 12.7 Å². The van der Waals surface area contributed by atoms with Gasteiger partial charge in [0.2, 0.25) is 0 Å². The molecule has 6 heteroatoms. The van der Waals surface area contributed by atoms with Crippen molar-refractivity contribution in [2.24, 2.45) is 0 Å². The Kier molecular flexibility index (Phi) is 5.93. The summed E-state index contributed by atoms with van der Waals surface area (Å²) in [5.74, 6) is -0.766. The highest BCUT2D eigenvalue weighted by atomic mass is 35.5. The number of aryl methyl sites for hydroxylation is 1. The van der Waals surface area contributed by atoms with Crippen LogP contribution in [0.25, 0.3) is 11.0 Å². The maximum Gasteiger partial charge on any atom is 0.188 e. The van der Waals surface area contributed by atoms with E-state index in [9.17, 15) is 4.79 Å². The molecule has 0 fully saturated rings. The highest BCUT2D eigenvalue weighted by Crippen LogP contribution is 2.27. The number of ketones is 1. The smallest absolute Gasteiger partial charge is 0.188 e. The molecule has 30 heavy (non-hydrogen) atoms. The molecule has 0 aliphatic carbocycles. The van der Waals surface area contributed by atoms with Crippen molar-refractivity contribution in [2.45, 2.75) is 20.0 Å². The number of carbonyl (C=O) groups is 1. The lowest BCUT2D eigenvalue weighted by Crippen LogP contribution is -2.14. The van der Waals surface area contributed by atoms with Gasteiger partial charge in [0, 0.05) is 22.6 Å². The molecule has 4 aromatic rings. The first-order valence-electron chi connectivity index (χ1n) is 9.57. The number of carbonyl (C=O) groups excluding carboxylic acids is 1. The molecule has 1 heterocycles. The van der Waals surface area contributed by atoms with Gasteiger partial charge in [-0.15, -0.1) is 0 Å². The summed E-state index contributed by atoms with van der Waals surface area (Å²) in [5, 5.41) is 0.616. The summed E-state index contributed by atoms with van der Waals surface area (Å²) in [5.41, 5.74) is 4.11. The van der Waals surface area contributed by atoms with Crippen LogP contribution < -0.4 is 0 Å². The quantitative estimate of drug-likeness (QED) is 0.391. The molecule has 0 atom stereocenters. The average Bonchev–Trinajstić information content (AvgIpc) is 3.21. The maximum absolute atomic E-state index is 15.3. The van der Waals surface area contributed by atoms with E-state index in [2.05, 4.69) is 9.97 Å². The number of nitrogens with zero attached hydrogens (tertiary/aromatic N) is 1. The monoisotopic (exact) mass is 422 g/mol. The average molecular weight is 423 g/mol. The number of imidazole rings is 1. The van der Waals surface area contributed by atoms with Crippen LogP contribution in [-0.4, -0.2) is 22.4 Å². The molecule has 4 nitrogen and oxygen atoms in total. The molecule has 0 unspecified atom stereocenters. The fourth-order valence-electron chi connectivity index (χ4n) is 3.47. The Morgan fingerprint density at radius 2 is 1.97 bits per heavy atom. The summed E-state index contributed by atoms with van der Waals surface area (Å²) in [6, 6.07) is 16.7. The Hall–Kier alpha value is -3.02. The molecule has 0 saturated carbocycles. The van der Waals surface area contributed by atoms with Gasteiger partial charge in [0.1, 0.15) is 12.1 Å². The van der Waals surface area contributed by atoms with Crippen molar-refractivity contribution in [3.63, 3.8) is 0 Å². The van der Waals surface area contributed by atoms with Gasteiger partial charge in [-0.1, -0.05) is 48.0 Å². The number of fused-ring (bicyclic) bond motifs is 1. The second-order valence-corrected chi connectivity index (χ2v) is 7.60. The molecule has 0 aliphatic heterocycles. The molecule has 4 rings (SSSR count). The topological polar surface area (TPSA) is 55.0 Å². The van der Waals surface area contributed by atoms with E-state index >= 15 is 4.39 Å². The van der Waals surface area contributed by atoms with Crippen LogP contribution in [0.15, 0.2) is 60.9 Å². The maximum atomic E-state index is 15.3. The Morgan fingerprint density at radius 1 is 1.17 bits per heavy atom. The van der Waals surface area contributed by atoms with Gasteiger partial charge in [-0.3, -0.25) is 4.79 Å². The summed E-state index contributed by atoms with van der Waals surface area (Å²) >= 11 is 6.05. The van der Waals surface area contributed by atoms with Crippen molar-refractivity contribution < 1.29 is 13.9 Å². The van der Waals surface area contributed by atoms with Gasteiger partial charge in [0.25, 0.3) is 0 Å². The van der Waals surface area contributed by atoms with Crippen molar-refractivity contribution in [1.82, 2.24) is 9.97 Å². The Morgan fingerprint density at radius 3 is 2.73 bits per heavy atom. The number of aromatic nitrogens is 2. The van der Waals surface area contributed by atoms with Crippen molar-refractivity contribution >= 4 is 28.4 Å². The summed E-state index contributed by atoms with van der Waals surface area (Å²) < 4.78 is 20.9. The molecule has 0 bridgehead atoms. The predicted molar refractivity (Wildman–Crippen MR) is 115 cm³/mol. The SMILES string of the molecule is Cc1cc(Cl)ccc1Cc1c(C(=O)COCc2ccccc2)cc2[nH]cnc2c1F. The normalized spacial score (nSPS) is 11.2. The number of Topliss-reactive ketones (excluding diaryl/α,β-unsaturated/α-hetero) is 1. The zero-order chi connectivity index (χ0) is 21.1. The first-order valence-corrected chi connectivity index (χ1v) is 9.95. The number of aromatic amines is 1. The summed E-state index contributed by atoms with van der Waals surface area (Å²) in [4.78, 5) is 19.9. The largest absolute Gasteiger partial charge is 0.369 e. The second-order valence-electron chi connectivity index (χ2n) is 7.16. The molecule has 0 radical (unpaired) electrons. The molecular weight excluding hydrogens is 403 g/mol. The Bertz CT molecular complexity index is 1200. The van der Waals surface area contributed by atoms with E-state index in [-0.39, 0.29) is 24.3 Å². The predicted octanol–water partition coefficient (Wildman–Crippen LogP) is 5.65. The van der Waals surface area contributed by atoms with Gasteiger partial charge in [0.05, 0.1) is 18.5 Å². The lowest BCUT2D eigenvalue weighted by molar-refractivity contribution is 0.0725. The summed E-state index contributed by atoms with van der Waals surface area (Å²) in [6.07, 6.45) is 1.68. The third kappa shape index (κ3) is 4.27. The second kappa shape index (κ2) is 8.78. The van der Waals surface area contributed by atoms with Crippen molar-refractivity contribution in [3.8, 4) is 0 Å².